The van der Waals surface area contributed by atoms with E-state index in [1.807, 2.05) is 45.2 Å². The average Bonchev–Trinajstić information content (AvgIpc) is 2.65. The van der Waals surface area contributed by atoms with Crippen molar-refractivity contribution in [3.63, 3.8) is 0 Å². The topological polar surface area (TPSA) is 113 Å². The Morgan fingerprint density at radius 1 is 1.13 bits per heavy atom. The molecule has 2 aromatic rings. The second-order valence-electron chi connectivity index (χ2n) is 5.93. The molecule has 1 heterocycles. The number of carboxylic acids is 1. The van der Waals surface area contributed by atoms with E-state index in [-0.39, 0.29) is 11.3 Å². The molecule has 0 atom stereocenters. The number of imide groups is 2. The Labute approximate surface area is 196 Å². The standard InChI is InChI=1S/C19H11FI2N2O6/c20-10-1-3-11(4-2-10)24-18(28)12(17(27)23-19(24)29)5-9-6-13(21)16(14(22)7-9)30-8-15(25)26/h1-7H,8H2,(H,25,26)(H,23,27,29). The maximum Gasteiger partial charge on any atom is 0.341 e. The molecule has 0 unspecified atom stereocenters. The number of amides is 4. The lowest BCUT2D eigenvalue weighted by molar-refractivity contribution is -0.139. The lowest BCUT2D eigenvalue weighted by Crippen LogP contribution is -2.54. The van der Waals surface area contributed by atoms with Crippen molar-refractivity contribution in [2.24, 2.45) is 0 Å². The van der Waals surface area contributed by atoms with E-state index in [0.717, 1.165) is 17.0 Å². The van der Waals surface area contributed by atoms with E-state index in [9.17, 15) is 23.6 Å². The molecule has 0 aliphatic carbocycles. The summed E-state index contributed by atoms with van der Waals surface area (Å²) in [5.41, 5.74) is 0.294. The van der Waals surface area contributed by atoms with E-state index >= 15 is 0 Å². The third-order valence-corrected chi connectivity index (χ3v) is 5.46. The number of nitrogens with zero attached hydrogens (tertiary/aromatic N) is 1. The van der Waals surface area contributed by atoms with Gasteiger partial charge in [0.05, 0.1) is 12.8 Å². The number of carbonyl (C=O) groups excluding carboxylic acids is 3. The van der Waals surface area contributed by atoms with Crippen LogP contribution in [0.2, 0.25) is 0 Å². The number of anilines is 1. The Hall–Kier alpha value is -2.55. The van der Waals surface area contributed by atoms with Gasteiger partial charge in [-0.05, 0) is 93.2 Å². The smallest absolute Gasteiger partial charge is 0.341 e. The van der Waals surface area contributed by atoms with Crippen LogP contribution in [-0.2, 0) is 14.4 Å². The van der Waals surface area contributed by atoms with Crippen molar-refractivity contribution < 1.29 is 33.4 Å². The van der Waals surface area contributed by atoms with Crippen LogP contribution in [0.4, 0.5) is 14.9 Å². The molecule has 154 valence electrons. The van der Waals surface area contributed by atoms with Crippen molar-refractivity contribution in [3.05, 3.63) is 60.5 Å². The molecule has 1 aliphatic heterocycles. The summed E-state index contributed by atoms with van der Waals surface area (Å²) in [6.07, 6.45) is 1.31. The highest BCUT2D eigenvalue weighted by atomic mass is 127. The molecular weight excluding hydrogens is 625 g/mol. The Morgan fingerprint density at radius 3 is 2.30 bits per heavy atom. The average molecular weight is 636 g/mol. The van der Waals surface area contributed by atoms with Crippen molar-refractivity contribution >= 4 is 80.8 Å². The lowest BCUT2D eigenvalue weighted by atomic mass is 10.1. The molecule has 1 aliphatic rings. The number of nitrogens with one attached hydrogen (secondary N) is 1. The first-order valence-corrected chi connectivity index (χ1v) is 10.3. The maximum atomic E-state index is 13.2. The van der Waals surface area contributed by atoms with Crippen LogP contribution in [0.3, 0.4) is 0 Å². The minimum absolute atomic E-state index is 0.110. The van der Waals surface area contributed by atoms with Gasteiger partial charge in [-0.25, -0.2) is 18.9 Å². The molecule has 0 aromatic heterocycles. The SMILES string of the molecule is O=C(O)COc1c(I)cc(C=C2C(=O)NC(=O)N(c3ccc(F)cc3)C2=O)cc1I. The van der Waals surface area contributed by atoms with Crippen LogP contribution in [-0.4, -0.2) is 35.5 Å². The zero-order valence-corrected chi connectivity index (χ0v) is 19.1. The highest BCUT2D eigenvalue weighted by Crippen LogP contribution is 2.30. The van der Waals surface area contributed by atoms with Gasteiger partial charge in [0.1, 0.15) is 17.1 Å². The van der Waals surface area contributed by atoms with Gasteiger partial charge in [0, 0.05) is 0 Å². The van der Waals surface area contributed by atoms with Crippen molar-refractivity contribution in [2.45, 2.75) is 0 Å². The van der Waals surface area contributed by atoms with E-state index in [1.165, 1.54) is 18.2 Å². The van der Waals surface area contributed by atoms with Crippen LogP contribution in [0, 0.1) is 13.0 Å². The highest BCUT2D eigenvalue weighted by Gasteiger charge is 2.36. The fraction of sp³-hybridized carbons (Fsp3) is 0.0526. The summed E-state index contributed by atoms with van der Waals surface area (Å²) in [6.45, 7) is -0.512. The number of urea groups is 1. The highest BCUT2D eigenvalue weighted by molar-refractivity contribution is 14.1. The molecule has 2 N–H and O–H groups in total. The Morgan fingerprint density at radius 2 is 1.73 bits per heavy atom. The number of carboxylic acid groups (broad SMARTS) is 1. The molecule has 0 radical (unpaired) electrons. The quantitative estimate of drug-likeness (QED) is 0.297. The van der Waals surface area contributed by atoms with Crippen LogP contribution in [0.1, 0.15) is 5.56 Å². The van der Waals surface area contributed by atoms with E-state index in [1.54, 1.807) is 12.1 Å². The number of hydrogen-bond acceptors (Lipinski definition) is 5. The van der Waals surface area contributed by atoms with Crippen molar-refractivity contribution in [3.8, 4) is 5.75 Å². The Bertz CT molecular complexity index is 1080. The Balaban J connectivity index is 1.96. The van der Waals surface area contributed by atoms with Gasteiger partial charge in [-0.1, -0.05) is 0 Å². The lowest BCUT2D eigenvalue weighted by Gasteiger charge is -2.26. The molecule has 3 rings (SSSR count). The van der Waals surface area contributed by atoms with E-state index in [2.05, 4.69) is 5.32 Å². The fourth-order valence-electron chi connectivity index (χ4n) is 2.58. The summed E-state index contributed by atoms with van der Waals surface area (Å²) < 4.78 is 19.6. The van der Waals surface area contributed by atoms with Crippen LogP contribution in [0.15, 0.2) is 42.0 Å². The summed E-state index contributed by atoms with van der Waals surface area (Å²) in [7, 11) is 0. The third-order valence-electron chi connectivity index (χ3n) is 3.86. The van der Waals surface area contributed by atoms with Crippen molar-refractivity contribution in [2.75, 3.05) is 11.5 Å². The molecule has 4 amide bonds. The summed E-state index contributed by atoms with van der Waals surface area (Å²) in [5.74, 6) is -3.01. The van der Waals surface area contributed by atoms with Gasteiger partial charge in [0.2, 0.25) is 0 Å². The van der Waals surface area contributed by atoms with Crippen LogP contribution < -0.4 is 15.0 Å². The number of halogens is 3. The first-order chi connectivity index (χ1) is 14.2. The van der Waals surface area contributed by atoms with Gasteiger partial charge in [0.15, 0.2) is 6.61 Å². The molecular formula is C19H11FI2N2O6. The number of rotatable bonds is 5. The van der Waals surface area contributed by atoms with Crippen molar-refractivity contribution in [1.82, 2.24) is 5.32 Å². The second kappa shape index (κ2) is 9.07. The number of benzene rings is 2. The van der Waals surface area contributed by atoms with E-state index in [4.69, 9.17) is 9.84 Å². The van der Waals surface area contributed by atoms with Crippen LogP contribution in [0.5, 0.6) is 5.75 Å². The monoisotopic (exact) mass is 636 g/mol. The van der Waals surface area contributed by atoms with Gasteiger partial charge in [0.25, 0.3) is 11.8 Å². The van der Waals surface area contributed by atoms with Crippen LogP contribution >= 0.6 is 45.2 Å². The molecule has 30 heavy (non-hydrogen) atoms. The zero-order chi connectivity index (χ0) is 22.0. The predicted octanol–water partition coefficient (Wildman–Crippen LogP) is 3.16. The zero-order valence-electron chi connectivity index (χ0n) is 14.8. The summed E-state index contributed by atoms with van der Waals surface area (Å²) in [5, 5.41) is 10.9. The van der Waals surface area contributed by atoms with Crippen LogP contribution in [0.25, 0.3) is 6.08 Å². The largest absolute Gasteiger partial charge is 0.480 e. The number of aliphatic carboxylic acids is 1. The maximum absolute atomic E-state index is 13.2. The van der Waals surface area contributed by atoms with Gasteiger partial charge >= 0.3 is 12.0 Å². The molecule has 1 saturated heterocycles. The normalized spacial score (nSPS) is 15.4. The summed E-state index contributed by atoms with van der Waals surface area (Å²) in [4.78, 5) is 48.7. The van der Waals surface area contributed by atoms with Crippen molar-refractivity contribution in [1.29, 1.82) is 0 Å². The van der Waals surface area contributed by atoms with Gasteiger partial charge in [-0.3, -0.25) is 14.9 Å². The first kappa shape index (κ1) is 22.1. The number of hydrogen-bond donors (Lipinski definition) is 2. The fourth-order valence-corrected chi connectivity index (χ4v) is 4.71. The molecule has 2 aromatic carbocycles. The number of carbonyl (C=O) groups is 4. The van der Waals surface area contributed by atoms with Gasteiger partial charge in [-0.15, -0.1) is 0 Å². The van der Waals surface area contributed by atoms with Gasteiger partial charge < -0.3 is 9.84 Å². The minimum Gasteiger partial charge on any atom is -0.480 e. The van der Waals surface area contributed by atoms with E-state index < -0.39 is 36.2 Å². The predicted molar refractivity (Wildman–Crippen MR) is 120 cm³/mol. The molecule has 0 saturated carbocycles. The summed E-state index contributed by atoms with van der Waals surface area (Å²) >= 11 is 3.89. The summed E-state index contributed by atoms with van der Waals surface area (Å²) in [6, 6.07) is 6.96. The molecule has 1 fully saturated rings. The number of barbiturate groups is 1. The molecule has 0 spiro atoms. The minimum atomic E-state index is -1.12. The molecule has 0 bridgehead atoms. The van der Waals surface area contributed by atoms with Gasteiger partial charge in [-0.2, -0.15) is 0 Å². The third kappa shape index (κ3) is 4.77. The molecule has 8 nitrogen and oxygen atoms in total. The Kier molecular flexibility index (Phi) is 6.70. The number of ether oxygens (including phenoxy) is 1. The van der Waals surface area contributed by atoms with E-state index in [0.29, 0.717) is 18.5 Å². The first-order valence-electron chi connectivity index (χ1n) is 8.18. The molecule has 11 heteroatoms. The second-order valence-corrected chi connectivity index (χ2v) is 8.25.